The van der Waals surface area contributed by atoms with Gasteiger partial charge in [0.1, 0.15) is 12.1 Å². The Bertz CT molecular complexity index is 597. The number of para-hydroxylation sites is 1. The van der Waals surface area contributed by atoms with Crippen LogP contribution in [0.15, 0.2) is 35.7 Å². The minimum atomic E-state index is 0.0182. The van der Waals surface area contributed by atoms with Gasteiger partial charge in [0, 0.05) is 17.2 Å². The molecule has 1 aromatic carbocycles. The average molecular weight is 261 g/mol. The van der Waals surface area contributed by atoms with Gasteiger partial charge in [-0.15, -0.1) is 10.2 Å². The van der Waals surface area contributed by atoms with Gasteiger partial charge >= 0.3 is 0 Å². The lowest BCUT2D eigenvalue weighted by Crippen LogP contribution is -2.19. The molecule has 1 aromatic heterocycles. The standard InChI is InChI=1S/C12H11N3O2S/c1-17-9-5-3-2-4-8(9)10-6-11(16)15-7-13-14-12(15)18-10/h2-5,7,10H,6H2,1H3/t10-/m0/s1. The summed E-state index contributed by atoms with van der Waals surface area (Å²) in [5, 5.41) is 8.39. The van der Waals surface area contributed by atoms with Crippen molar-refractivity contribution in [2.45, 2.75) is 16.8 Å². The molecular formula is C12H11N3O2S. The van der Waals surface area contributed by atoms with Crippen molar-refractivity contribution in [2.75, 3.05) is 7.11 Å². The molecular weight excluding hydrogens is 250 g/mol. The highest BCUT2D eigenvalue weighted by molar-refractivity contribution is 7.99. The van der Waals surface area contributed by atoms with E-state index in [1.54, 1.807) is 7.11 Å². The van der Waals surface area contributed by atoms with E-state index < -0.39 is 0 Å². The molecule has 0 radical (unpaired) electrons. The second kappa shape index (κ2) is 4.45. The zero-order valence-corrected chi connectivity index (χ0v) is 10.6. The van der Waals surface area contributed by atoms with Gasteiger partial charge in [0.25, 0.3) is 0 Å². The molecule has 0 amide bonds. The third kappa shape index (κ3) is 1.78. The third-order valence-electron chi connectivity index (χ3n) is 2.88. The fraction of sp³-hybridized carbons (Fsp3) is 0.250. The highest BCUT2D eigenvalue weighted by Crippen LogP contribution is 2.43. The van der Waals surface area contributed by atoms with Crippen molar-refractivity contribution in [1.29, 1.82) is 0 Å². The maximum atomic E-state index is 12.0. The second-order valence-corrected chi connectivity index (χ2v) is 5.10. The topological polar surface area (TPSA) is 57.0 Å². The summed E-state index contributed by atoms with van der Waals surface area (Å²) in [5.74, 6) is 0.820. The normalized spacial score (nSPS) is 18.5. The van der Waals surface area contributed by atoms with E-state index in [2.05, 4.69) is 10.2 Å². The number of rotatable bonds is 2. The van der Waals surface area contributed by atoms with Crippen LogP contribution < -0.4 is 4.74 Å². The summed E-state index contributed by atoms with van der Waals surface area (Å²) in [6.07, 6.45) is 1.89. The number of aromatic nitrogens is 3. The van der Waals surface area contributed by atoms with E-state index in [0.29, 0.717) is 11.6 Å². The van der Waals surface area contributed by atoms with Crippen molar-refractivity contribution in [3.63, 3.8) is 0 Å². The van der Waals surface area contributed by atoms with Gasteiger partial charge in [-0.05, 0) is 6.07 Å². The van der Waals surface area contributed by atoms with Crippen LogP contribution in [0.25, 0.3) is 0 Å². The van der Waals surface area contributed by atoms with Gasteiger partial charge in [-0.3, -0.25) is 4.79 Å². The van der Waals surface area contributed by atoms with Gasteiger partial charge in [0.15, 0.2) is 5.16 Å². The molecule has 0 fully saturated rings. The molecule has 2 aromatic rings. The number of hydrogen-bond donors (Lipinski definition) is 0. The van der Waals surface area contributed by atoms with E-state index in [4.69, 9.17) is 4.74 Å². The van der Waals surface area contributed by atoms with Gasteiger partial charge < -0.3 is 4.74 Å². The monoisotopic (exact) mass is 261 g/mol. The molecule has 0 N–H and O–H groups in total. The van der Waals surface area contributed by atoms with E-state index in [1.165, 1.54) is 22.7 Å². The quantitative estimate of drug-likeness (QED) is 0.829. The van der Waals surface area contributed by atoms with E-state index in [9.17, 15) is 4.79 Å². The highest BCUT2D eigenvalue weighted by Gasteiger charge is 2.29. The van der Waals surface area contributed by atoms with Gasteiger partial charge in [-0.1, -0.05) is 30.0 Å². The van der Waals surface area contributed by atoms with Gasteiger partial charge in [-0.2, -0.15) is 0 Å². The minimum Gasteiger partial charge on any atom is -0.496 e. The summed E-state index contributed by atoms with van der Waals surface area (Å²) in [7, 11) is 1.64. The lowest BCUT2D eigenvalue weighted by atomic mass is 10.1. The van der Waals surface area contributed by atoms with Gasteiger partial charge in [0.2, 0.25) is 5.91 Å². The van der Waals surface area contributed by atoms with Crippen LogP contribution in [0, 0.1) is 0 Å². The molecule has 0 saturated carbocycles. The summed E-state index contributed by atoms with van der Waals surface area (Å²) in [5.41, 5.74) is 1.02. The Labute approximate surface area is 108 Å². The van der Waals surface area contributed by atoms with E-state index in [0.717, 1.165) is 11.3 Å². The Kier molecular flexibility index (Phi) is 2.79. The maximum Gasteiger partial charge on any atom is 0.235 e. The van der Waals surface area contributed by atoms with Gasteiger partial charge in [0.05, 0.1) is 7.11 Å². The molecule has 0 spiro atoms. The number of benzene rings is 1. The maximum absolute atomic E-state index is 12.0. The molecule has 1 aliphatic rings. The minimum absolute atomic E-state index is 0.0182. The Hall–Kier alpha value is -1.82. The Balaban J connectivity index is 1.98. The molecule has 0 saturated heterocycles. The number of nitrogens with zero attached hydrogens (tertiary/aromatic N) is 3. The molecule has 92 valence electrons. The average Bonchev–Trinajstić information content (AvgIpc) is 2.87. The lowest BCUT2D eigenvalue weighted by Gasteiger charge is -2.22. The summed E-state index contributed by atoms with van der Waals surface area (Å²) >= 11 is 1.54. The third-order valence-corrected chi connectivity index (χ3v) is 4.07. The first-order valence-electron chi connectivity index (χ1n) is 5.52. The van der Waals surface area contributed by atoms with E-state index in [1.807, 2.05) is 24.3 Å². The first-order chi connectivity index (χ1) is 8.79. The van der Waals surface area contributed by atoms with Crippen molar-refractivity contribution >= 4 is 17.7 Å². The lowest BCUT2D eigenvalue weighted by molar-refractivity contribution is 0.0885. The summed E-state index contributed by atoms with van der Waals surface area (Å²) in [6.45, 7) is 0. The number of methoxy groups -OCH3 is 1. The number of ether oxygens (including phenoxy) is 1. The van der Waals surface area contributed by atoms with Crippen LogP contribution in [0.3, 0.4) is 0 Å². The molecule has 0 unspecified atom stereocenters. The van der Waals surface area contributed by atoms with E-state index in [-0.39, 0.29) is 11.2 Å². The smallest absolute Gasteiger partial charge is 0.235 e. The van der Waals surface area contributed by atoms with Crippen LogP contribution in [0.4, 0.5) is 0 Å². The molecule has 6 heteroatoms. The van der Waals surface area contributed by atoms with Crippen LogP contribution in [-0.2, 0) is 0 Å². The molecule has 0 bridgehead atoms. The van der Waals surface area contributed by atoms with Crippen molar-refractivity contribution < 1.29 is 9.53 Å². The second-order valence-electron chi connectivity index (χ2n) is 3.93. The predicted molar refractivity (Wildman–Crippen MR) is 66.9 cm³/mol. The molecule has 0 aliphatic carbocycles. The molecule has 1 aliphatic heterocycles. The number of fused-ring (bicyclic) bond motifs is 1. The Morgan fingerprint density at radius 2 is 2.28 bits per heavy atom. The molecule has 1 atom stereocenters. The summed E-state index contributed by atoms with van der Waals surface area (Å²) < 4.78 is 6.83. The molecule has 18 heavy (non-hydrogen) atoms. The van der Waals surface area contributed by atoms with Gasteiger partial charge in [-0.25, -0.2) is 4.57 Å². The number of carbonyl (C=O) groups is 1. The predicted octanol–water partition coefficient (Wildman–Crippen LogP) is 2.16. The van der Waals surface area contributed by atoms with Crippen LogP contribution >= 0.6 is 11.8 Å². The Morgan fingerprint density at radius 3 is 3.11 bits per heavy atom. The van der Waals surface area contributed by atoms with Crippen LogP contribution in [0.5, 0.6) is 5.75 Å². The fourth-order valence-electron chi connectivity index (χ4n) is 2.01. The molecule has 5 nitrogen and oxygen atoms in total. The van der Waals surface area contributed by atoms with Crippen molar-refractivity contribution in [1.82, 2.24) is 14.8 Å². The van der Waals surface area contributed by atoms with E-state index >= 15 is 0 Å². The highest BCUT2D eigenvalue weighted by atomic mass is 32.2. The van der Waals surface area contributed by atoms with Crippen LogP contribution in [0.1, 0.15) is 22.0 Å². The summed E-state index contributed by atoms with van der Waals surface area (Å²) in [6, 6.07) is 7.75. The fourth-order valence-corrected chi connectivity index (χ4v) is 3.17. The molecule has 2 heterocycles. The van der Waals surface area contributed by atoms with Crippen LogP contribution in [0.2, 0.25) is 0 Å². The largest absolute Gasteiger partial charge is 0.496 e. The van der Waals surface area contributed by atoms with Crippen molar-refractivity contribution in [3.05, 3.63) is 36.2 Å². The van der Waals surface area contributed by atoms with Crippen molar-refractivity contribution in [3.8, 4) is 5.75 Å². The summed E-state index contributed by atoms with van der Waals surface area (Å²) in [4.78, 5) is 12.0. The first kappa shape index (κ1) is 11.3. The Morgan fingerprint density at radius 1 is 1.44 bits per heavy atom. The zero-order valence-electron chi connectivity index (χ0n) is 9.74. The number of hydrogen-bond acceptors (Lipinski definition) is 5. The van der Waals surface area contributed by atoms with Crippen molar-refractivity contribution in [2.24, 2.45) is 0 Å². The molecule has 3 rings (SSSR count). The number of thioether (sulfide) groups is 1. The SMILES string of the molecule is COc1ccccc1[C@@H]1CC(=O)n2cnnc2S1. The number of carbonyl (C=O) groups excluding carboxylic acids is 1. The van der Waals surface area contributed by atoms with Crippen LogP contribution in [-0.4, -0.2) is 27.8 Å². The zero-order chi connectivity index (χ0) is 12.5. The first-order valence-corrected chi connectivity index (χ1v) is 6.40.